The number of carbonyl (C=O) groups is 2. The predicted molar refractivity (Wildman–Crippen MR) is 92.6 cm³/mol. The van der Waals surface area contributed by atoms with Gasteiger partial charge in [0.25, 0.3) is 0 Å². The van der Waals surface area contributed by atoms with Crippen molar-refractivity contribution < 1.29 is 9.59 Å². The Morgan fingerprint density at radius 3 is 2.74 bits per heavy atom. The highest BCUT2D eigenvalue weighted by atomic mass is 32.1. The Labute approximate surface area is 140 Å². The Morgan fingerprint density at radius 2 is 2.00 bits per heavy atom. The molecule has 0 fully saturated rings. The van der Waals surface area contributed by atoms with Gasteiger partial charge in [0.1, 0.15) is 0 Å². The van der Waals surface area contributed by atoms with Gasteiger partial charge in [0.15, 0.2) is 0 Å². The van der Waals surface area contributed by atoms with Crippen LogP contribution >= 0.6 is 11.3 Å². The molecule has 2 amide bonds. The van der Waals surface area contributed by atoms with Gasteiger partial charge in [-0.2, -0.15) is 0 Å². The molecule has 1 aromatic heterocycles. The number of benzene rings is 1. The summed E-state index contributed by atoms with van der Waals surface area (Å²) in [6.07, 6.45) is 0.307. The number of fused-ring (bicyclic) bond motifs is 1. The summed E-state index contributed by atoms with van der Waals surface area (Å²) in [6, 6.07) is 11.8. The Bertz CT molecular complexity index is 722. The van der Waals surface area contributed by atoms with Crippen LogP contribution in [0.4, 0.5) is 5.69 Å². The SMILES string of the molecule is CC1(C)C(=O)N(CCC(=O)NCc2cccs2)c2ccccc21. The van der Waals surface area contributed by atoms with Crippen LogP contribution in [0.2, 0.25) is 0 Å². The summed E-state index contributed by atoms with van der Waals surface area (Å²) in [5.74, 6) is 0.0261. The average molecular weight is 328 g/mol. The molecule has 1 aliphatic rings. The number of rotatable bonds is 5. The first-order chi connectivity index (χ1) is 11.0. The minimum atomic E-state index is -0.524. The molecule has 1 N–H and O–H groups in total. The van der Waals surface area contributed by atoms with Gasteiger partial charge in [-0.15, -0.1) is 11.3 Å². The normalized spacial score (nSPS) is 15.6. The van der Waals surface area contributed by atoms with Crippen molar-refractivity contribution in [3.8, 4) is 0 Å². The fraction of sp³-hybridized carbons (Fsp3) is 0.333. The van der Waals surface area contributed by atoms with E-state index in [2.05, 4.69) is 5.32 Å². The fourth-order valence-corrected chi connectivity index (χ4v) is 3.57. The van der Waals surface area contributed by atoms with Crippen molar-refractivity contribution in [2.45, 2.75) is 32.2 Å². The molecular formula is C18H20N2O2S. The lowest BCUT2D eigenvalue weighted by atomic mass is 9.86. The lowest BCUT2D eigenvalue weighted by Crippen LogP contribution is -2.38. The molecule has 3 rings (SSSR count). The first kappa shape index (κ1) is 15.7. The van der Waals surface area contributed by atoms with E-state index in [0.29, 0.717) is 19.5 Å². The highest BCUT2D eigenvalue weighted by Gasteiger charge is 2.43. The van der Waals surface area contributed by atoms with E-state index >= 15 is 0 Å². The van der Waals surface area contributed by atoms with Crippen LogP contribution in [0.1, 0.15) is 30.7 Å². The standard InChI is InChI=1S/C18H20N2O2S/c1-18(2)14-7-3-4-8-15(14)20(17(18)22)10-9-16(21)19-12-13-6-5-11-23-13/h3-8,11H,9-10,12H2,1-2H3,(H,19,21). The maximum absolute atomic E-state index is 12.6. The van der Waals surface area contributed by atoms with Gasteiger partial charge in [-0.25, -0.2) is 0 Å². The number of carbonyl (C=O) groups excluding carboxylic acids is 2. The first-order valence-electron chi connectivity index (χ1n) is 7.70. The minimum absolute atomic E-state index is 0.0339. The zero-order valence-electron chi connectivity index (χ0n) is 13.3. The molecule has 23 heavy (non-hydrogen) atoms. The van der Waals surface area contributed by atoms with E-state index in [-0.39, 0.29) is 11.8 Å². The summed E-state index contributed by atoms with van der Waals surface area (Å²) < 4.78 is 0. The third kappa shape index (κ3) is 3.01. The van der Waals surface area contributed by atoms with Crippen LogP contribution in [0.5, 0.6) is 0 Å². The van der Waals surface area contributed by atoms with Crippen molar-refractivity contribution in [2.75, 3.05) is 11.4 Å². The molecule has 0 spiro atoms. The second-order valence-electron chi connectivity index (χ2n) is 6.21. The minimum Gasteiger partial charge on any atom is -0.351 e. The molecule has 0 radical (unpaired) electrons. The van der Waals surface area contributed by atoms with Crippen molar-refractivity contribution >= 4 is 28.8 Å². The second-order valence-corrected chi connectivity index (χ2v) is 7.24. The van der Waals surface area contributed by atoms with Crippen LogP contribution in [0, 0.1) is 0 Å². The van der Waals surface area contributed by atoms with Gasteiger partial charge < -0.3 is 10.2 Å². The van der Waals surface area contributed by atoms with Crippen molar-refractivity contribution in [3.05, 3.63) is 52.2 Å². The van der Waals surface area contributed by atoms with E-state index in [0.717, 1.165) is 16.1 Å². The Kier molecular flexibility index (Phi) is 4.22. The number of amides is 2. The third-order valence-corrected chi connectivity index (χ3v) is 5.13. The summed E-state index contributed by atoms with van der Waals surface area (Å²) in [5, 5.41) is 4.89. The molecule has 2 aromatic rings. The molecule has 0 bridgehead atoms. The van der Waals surface area contributed by atoms with Gasteiger partial charge in [-0.3, -0.25) is 9.59 Å². The number of hydrogen-bond acceptors (Lipinski definition) is 3. The molecule has 5 heteroatoms. The van der Waals surface area contributed by atoms with Gasteiger partial charge in [-0.1, -0.05) is 24.3 Å². The van der Waals surface area contributed by atoms with Crippen molar-refractivity contribution in [1.82, 2.24) is 5.32 Å². The average Bonchev–Trinajstić information content (AvgIpc) is 3.12. The summed E-state index contributed by atoms with van der Waals surface area (Å²) in [4.78, 5) is 27.5. The van der Waals surface area contributed by atoms with Gasteiger partial charge in [0.05, 0.1) is 12.0 Å². The smallest absolute Gasteiger partial charge is 0.237 e. The number of hydrogen-bond donors (Lipinski definition) is 1. The Balaban J connectivity index is 1.62. The number of nitrogens with zero attached hydrogens (tertiary/aromatic N) is 1. The van der Waals surface area contributed by atoms with Crippen LogP contribution in [-0.2, 0) is 21.5 Å². The Morgan fingerprint density at radius 1 is 1.22 bits per heavy atom. The first-order valence-corrected chi connectivity index (χ1v) is 8.58. The molecule has 0 atom stereocenters. The fourth-order valence-electron chi connectivity index (χ4n) is 2.92. The zero-order valence-corrected chi connectivity index (χ0v) is 14.2. The topological polar surface area (TPSA) is 49.4 Å². The van der Waals surface area contributed by atoms with Crippen molar-refractivity contribution in [1.29, 1.82) is 0 Å². The van der Waals surface area contributed by atoms with E-state index in [1.165, 1.54) is 0 Å². The van der Waals surface area contributed by atoms with E-state index in [1.807, 2.05) is 55.6 Å². The van der Waals surface area contributed by atoms with Gasteiger partial charge in [-0.05, 0) is 36.9 Å². The quantitative estimate of drug-likeness (QED) is 0.917. The van der Waals surface area contributed by atoms with Crippen LogP contribution in [0.3, 0.4) is 0 Å². The zero-order chi connectivity index (χ0) is 16.4. The molecule has 0 aliphatic carbocycles. The largest absolute Gasteiger partial charge is 0.351 e. The predicted octanol–water partition coefficient (Wildman–Crippen LogP) is 3.08. The van der Waals surface area contributed by atoms with E-state index in [9.17, 15) is 9.59 Å². The van der Waals surface area contributed by atoms with Crippen LogP contribution in [0.25, 0.3) is 0 Å². The van der Waals surface area contributed by atoms with Gasteiger partial charge >= 0.3 is 0 Å². The van der Waals surface area contributed by atoms with E-state index < -0.39 is 5.41 Å². The number of nitrogens with one attached hydrogen (secondary N) is 1. The van der Waals surface area contributed by atoms with E-state index in [4.69, 9.17) is 0 Å². The summed E-state index contributed by atoms with van der Waals surface area (Å²) in [5.41, 5.74) is 1.43. The van der Waals surface area contributed by atoms with Gasteiger partial charge in [0.2, 0.25) is 11.8 Å². The molecule has 120 valence electrons. The maximum Gasteiger partial charge on any atom is 0.237 e. The molecule has 2 heterocycles. The van der Waals surface area contributed by atoms with Crippen LogP contribution in [0.15, 0.2) is 41.8 Å². The summed E-state index contributed by atoms with van der Waals surface area (Å²) >= 11 is 1.62. The highest BCUT2D eigenvalue weighted by molar-refractivity contribution is 7.09. The molecule has 4 nitrogen and oxygen atoms in total. The Hall–Kier alpha value is -2.14. The lowest BCUT2D eigenvalue weighted by Gasteiger charge is -2.20. The molecule has 0 unspecified atom stereocenters. The monoisotopic (exact) mass is 328 g/mol. The number of para-hydroxylation sites is 1. The number of anilines is 1. The molecule has 1 aromatic carbocycles. The van der Waals surface area contributed by atoms with Crippen molar-refractivity contribution in [3.63, 3.8) is 0 Å². The van der Waals surface area contributed by atoms with Crippen LogP contribution < -0.4 is 10.2 Å². The molecule has 0 saturated heterocycles. The third-order valence-electron chi connectivity index (χ3n) is 4.25. The molecule has 0 saturated carbocycles. The van der Waals surface area contributed by atoms with E-state index in [1.54, 1.807) is 16.2 Å². The molecular weight excluding hydrogens is 308 g/mol. The maximum atomic E-state index is 12.6. The van der Waals surface area contributed by atoms with Crippen molar-refractivity contribution in [2.24, 2.45) is 0 Å². The lowest BCUT2D eigenvalue weighted by molar-refractivity contribution is -0.122. The number of thiophene rings is 1. The van der Waals surface area contributed by atoms with Crippen LogP contribution in [-0.4, -0.2) is 18.4 Å². The summed E-state index contributed by atoms with van der Waals surface area (Å²) in [6.45, 7) is 4.83. The molecule has 1 aliphatic heterocycles. The summed E-state index contributed by atoms with van der Waals surface area (Å²) in [7, 11) is 0. The van der Waals surface area contributed by atoms with Gasteiger partial charge in [0, 0.05) is 23.5 Å². The second kappa shape index (κ2) is 6.16. The highest BCUT2D eigenvalue weighted by Crippen LogP contribution is 2.41.